The van der Waals surface area contributed by atoms with E-state index in [1.165, 1.54) is 10.8 Å². The number of aromatic nitrogens is 4. The molecule has 0 aliphatic carbocycles. The summed E-state index contributed by atoms with van der Waals surface area (Å²) in [6.45, 7) is 1.99. The fourth-order valence-electron chi connectivity index (χ4n) is 4.87. The molecule has 0 saturated carbocycles. The summed E-state index contributed by atoms with van der Waals surface area (Å²) in [5.41, 5.74) is 6.04. The van der Waals surface area contributed by atoms with E-state index in [0.717, 1.165) is 44.3 Å². The van der Waals surface area contributed by atoms with Crippen LogP contribution in [0, 0.1) is 6.92 Å². The lowest BCUT2D eigenvalue weighted by atomic mass is 10.0. The van der Waals surface area contributed by atoms with Gasteiger partial charge >= 0.3 is 0 Å². The summed E-state index contributed by atoms with van der Waals surface area (Å²) >= 11 is 0. The van der Waals surface area contributed by atoms with Gasteiger partial charge in [-0.25, -0.2) is 15.0 Å². The molecule has 184 valence electrons. The molecular weight excluding hydrogens is 476 g/mol. The number of benzene rings is 5. The minimum absolute atomic E-state index is 0.643. The molecular formula is C35H24N4. The van der Waals surface area contributed by atoms with Crippen LogP contribution in [0.2, 0.25) is 0 Å². The summed E-state index contributed by atoms with van der Waals surface area (Å²) in [7, 11) is 0. The number of aryl methyl sites for hydroxylation is 1. The molecule has 0 saturated heterocycles. The first-order valence-electron chi connectivity index (χ1n) is 13.0. The molecule has 39 heavy (non-hydrogen) atoms. The first-order chi connectivity index (χ1) is 19.2. The van der Waals surface area contributed by atoms with Crippen LogP contribution in [0.5, 0.6) is 0 Å². The van der Waals surface area contributed by atoms with Gasteiger partial charge in [-0.2, -0.15) is 0 Å². The number of hydrogen-bond acceptors (Lipinski definition) is 4. The fourth-order valence-corrected chi connectivity index (χ4v) is 4.87. The summed E-state index contributed by atoms with van der Waals surface area (Å²) in [5.74, 6) is 1.95. The van der Waals surface area contributed by atoms with Gasteiger partial charge in [0.2, 0.25) is 0 Å². The predicted octanol–water partition coefficient (Wildman–Crippen LogP) is 8.55. The van der Waals surface area contributed by atoms with Crippen molar-refractivity contribution in [3.05, 3.63) is 133 Å². The maximum absolute atomic E-state index is 4.96. The highest BCUT2D eigenvalue weighted by Gasteiger charge is 2.13. The summed E-state index contributed by atoms with van der Waals surface area (Å²) < 4.78 is 0. The summed E-state index contributed by atoms with van der Waals surface area (Å²) in [4.78, 5) is 19.3. The van der Waals surface area contributed by atoms with E-state index in [2.05, 4.69) is 120 Å². The maximum atomic E-state index is 4.96. The molecule has 2 aromatic heterocycles. The third kappa shape index (κ3) is 4.53. The van der Waals surface area contributed by atoms with E-state index in [0.29, 0.717) is 17.5 Å². The van der Waals surface area contributed by atoms with Crippen molar-refractivity contribution in [3.63, 3.8) is 0 Å². The molecule has 4 nitrogen and oxygen atoms in total. The van der Waals surface area contributed by atoms with Crippen LogP contribution in [-0.4, -0.2) is 19.9 Å². The number of rotatable bonds is 4. The van der Waals surface area contributed by atoms with E-state index in [9.17, 15) is 0 Å². The summed E-state index contributed by atoms with van der Waals surface area (Å²) in [6.07, 6.45) is 1.91. The van der Waals surface area contributed by atoms with Gasteiger partial charge < -0.3 is 0 Å². The smallest absolute Gasteiger partial charge is 0.164 e. The van der Waals surface area contributed by atoms with Crippen LogP contribution in [0.4, 0.5) is 0 Å². The standard InChI is InChI=1S/C35H24N4/c1-23-10-11-32(22-36-23)26-12-16-27(17-13-26)33-37-34(30-18-14-24-6-2-4-8-28(24)20-30)39-35(38-33)31-19-15-25-7-3-5-9-29(25)21-31/h2-22H,1H3. The average Bonchev–Trinajstić information content (AvgIpc) is 3.01. The third-order valence-electron chi connectivity index (χ3n) is 7.04. The zero-order chi connectivity index (χ0) is 26.2. The van der Waals surface area contributed by atoms with Crippen LogP contribution in [0.3, 0.4) is 0 Å². The predicted molar refractivity (Wildman–Crippen MR) is 159 cm³/mol. The van der Waals surface area contributed by atoms with Crippen LogP contribution < -0.4 is 0 Å². The second kappa shape index (κ2) is 9.58. The van der Waals surface area contributed by atoms with E-state index in [1.54, 1.807) is 0 Å². The first-order valence-corrected chi connectivity index (χ1v) is 13.0. The molecule has 0 radical (unpaired) electrons. The van der Waals surface area contributed by atoms with Gasteiger partial charge in [0, 0.05) is 34.1 Å². The van der Waals surface area contributed by atoms with E-state index in [-0.39, 0.29) is 0 Å². The zero-order valence-corrected chi connectivity index (χ0v) is 21.4. The van der Waals surface area contributed by atoms with Gasteiger partial charge in [0.15, 0.2) is 17.5 Å². The van der Waals surface area contributed by atoms with Crippen molar-refractivity contribution in [2.45, 2.75) is 6.92 Å². The molecule has 0 amide bonds. The van der Waals surface area contributed by atoms with Gasteiger partial charge in [0.05, 0.1) is 0 Å². The zero-order valence-electron chi connectivity index (χ0n) is 21.4. The molecule has 0 unspecified atom stereocenters. The quantitative estimate of drug-likeness (QED) is 0.243. The lowest BCUT2D eigenvalue weighted by molar-refractivity contribution is 1.08. The molecule has 7 aromatic rings. The Bertz CT molecular complexity index is 1860. The lowest BCUT2D eigenvalue weighted by Gasteiger charge is -2.10. The monoisotopic (exact) mass is 500 g/mol. The number of pyridine rings is 1. The molecule has 2 heterocycles. The molecule has 0 aliphatic heterocycles. The molecule has 5 aromatic carbocycles. The van der Waals surface area contributed by atoms with Crippen LogP contribution in [-0.2, 0) is 0 Å². The first kappa shape index (κ1) is 22.9. The van der Waals surface area contributed by atoms with Crippen molar-refractivity contribution in [1.82, 2.24) is 19.9 Å². The Labute approximate surface area is 226 Å². The van der Waals surface area contributed by atoms with Gasteiger partial charge in [-0.3, -0.25) is 4.98 Å². The van der Waals surface area contributed by atoms with E-state index in [1.807, 2.05) is 19.2 Å². The van der Waals surface area contributed by atoms with Gasteiger partial charge in [0.25, 0.3) is 0 Å². The van der Waals surface area contributed by atoms with Crippen LogP contribution in [0.25, 0.3) is 66.8 Å². The van der Waals surface area contributed by atoms with E-state index >= 15 is 0 Å². The Morgan fingerprint density at radius 1 is 0.385 bits per heavy atom. The largest absolute Gasteiger partial charge is 0.261 e. The fraction of sp³-hybridized carbons (Fsp3) is 0.0286. The highest BCUT2D eigenvalue weighted by Crippen LogP contribution is 2.29. The van der Waals surface area contributed by atoms with Crippen molar-refractivity contribution in [3.8, 4) is 45.3 Å². The Balaban J connectivity index is 1.36. The molecule has 0 N–H and O–H groups in total. The van der Waals surface area contributed by atoms with Gasteiger partial charge in [-0.15, -0.1) is 0 Å². The second-order valence-corrected chi connectivity index (χ2v) is 9.70. The Morgan fingerprint density at radius 2 is 0.821 bits per heavy atom. The Hall–Kier alpha value is -5.22. The van der Waals surface area contributed by atoms with Crippen molar-refractivity contribution in [2.24, 2.45) is 0 Å². The third-order valence-corrected chi connectivity index (χ3v) is 7.04. The molecule has 0 fully saturated rings. The lowest BCUT2D eigenvalue weighted by Crippen LogP contribution is -2.00. The molecule has 4 heteroatoms. The second-order valence-electron chi connectivity index (χ2n) is 9.70. The summed E-state index contributed by atoms with van der Waals surface area (Å²) in [6, 6.07) is 41.8. The SMILES string of the molecule is Cc1ccc(-c2ccc(-c3nc(-c4ccc5ccccc5c4)nc(-c4ccc5ccccc5c4)n3)cc2)cn1. The van der Waals surface area contributed by atoms with Crippen LogP contribution in [0.15, 0.2) is 128 Å². The normalized spacial score (nSPS) is 11.2. The van der Waals surface area contributed by atoms with Gasteiger partial charge in [-0.05, 0) is 52.2 Å². The van der Waals surface area contributed by atoms with E-state index in [4.69, 9.17) is 15.0 Å². The highest BCUT2D eigenvalue weighted by atomic mass is 15.0. The highest BCUT2D eigenvalue weighted by molar-refractivity contribution is 5.88. The minimum atomic E-state index is 0.643. The maximum Gasteiger partial charge on any atom is 0.164 e. The number of nitrogens with zero attached hydrogens (tertiary/aromatic N) is 4. The number of fused-ring (bicyclic) bond motifs is 2. The van der Waals surface area contributed by atoms with Gasteiger partial charge in [-0.1, -0.05) is 103 Å². The van der Waals surface area contributed by atoms with E-state index < -0.39 is 0 Å². The Kier molecular flexibility index (Phi) is 5.64. The Morgan fingerprint density at radius 3 is 1.33 bits per heavy atom. The molecule has 0 aliphatic rings. The number of hydrogen-bond donors (Lipinski definition) is 0. The molecule has 7 rings (SSSR count). The summed E-state index contributed by atoms with van der Waals surface area (Å²) in [5, 5.41) is 4.68. The van der Waals surface area contributed by atoms with Crippen LogP contribution in [0.1, 0.15) is 5.69 Å². The van der Waals surface area contributed by atoms with Gasteiger partial charge in [0.1, 0.15) is 0 Å². The minimum Gasteiger partial charge on any atom is -0.261 e. The van der Waals surface area contributed by atoms with Crippen molar-refractivity contribution in [1.29, 1.82) is 0 Å². The van der Waals surface area contributed by atoms with Crippen molar-refractivity contribution in [2.75, 3.05) is 0 Å². The molecule has 0 bridgehead atoms. The van der Waals surface area contributed by atoms with Crippen LogP contribution >= 0.6 is 0 Å². The average molecular weight is 501 g/mol. The molecule has 0 atom stereocenters. The molecule has 0 spiro atoms. The van der Waals surface area contributed by atoms with Crippen molar-refractivity contribution >= 4 is 21.5 Å². The van der Waals surface area contributed by atoms with Crippen molar-refractivity contribution < 1.29 is 0 Å². The topological polar surface area (TPSA) is 51.6 Å².